The van der Waals surface area contributed by atoms with Crippen molar-refractivity contribution >= 4 is 15.7 Å². The summed E-state index contributed by atoms with van der Waals surface area (Å²) in [4.78, 5) is 10.3. The Morgan fingerprint density at radius 1 is 1.15 bits per heavy atom. The molecule has 1 saturated heterocycles. The largest absolute Gasteiger partial charge is 0.495 e. The molecule has 0 N–H and O–H groups in total. The SMILES string of the molecule is COc1ccc([N+](=O)[O-])cc1S(=O)(=O)N1CCC(Cc2ccccc2)CC1. The smallest absolute Gasteiger partial charge is 0.271 e. The predicted octanol–water partition coefficient (Wildman–Crippen LogP) is 3.25. The summed E-state index contributed by atoms with van der Waals surface area (Å²) in [5, 5.41) is 11.0. The van der Waals surface area contributed by atoms with Crippen LogP contribution in [0.1, 0.15) is 18.4 Å². The average Bonchev–Trinajstić information content (AvgIpc) is 2.68. The van der Waals surface area contributed by atoms with Crippen molar-refractivity contribution in [2.24, 2.45) is 5.92 Å². The van der Waals surface area contributed by atoms with E-state index in [1.165, 1.54) is 29.1 Å². The number of rotatable bonds is 6. The van der Waals surface area contributed by atoms with E-state index in [0.717, 1.165) is 25.3 Å². The summed E-state index contributed by atoms with van der Waals surface area (Å²) in [5.41, 5.74) is 0.979. The molecule has 0 atom stereocenters. The summed E-state index contributed by atoms with van der Waals surface area (Å²) >= 11 is 0. The second-order valence-electron chi connectivity index (χ2n) is 6.63. The fourth-order valence-electron chi connectivity index (χ4n) is 3.42. The van der Waals surface area contributed by atoms with Crippen LogP contribution in [0.15, 0.2) is 53.4 Å². The Kier molecular flexibility index (Phi) is 5.76. The summed E-state index contributed by atoms with van der Waals surface area (Å²) in [6, 6.07) is 13.8. The lowest BCUT2D eigenvalue weighted by molar-refractivity contribution is -0.385. The lowest BCUT2D eigenvalue weighted by Gasteiger charge is -2.31. The van der Waals surface area contributed by atoms with Gasteiger partial charge in [0.1, 0.15) is 10.6 Å². The molecule has 0 aliphatic carbocycles. The van der Waals surface area contributed by atoms with Crippen LogP contribution in [0.5, 0.6) is 5.75 Å². The Hall–Kier alpha value is -2.45. The first-order valence-corrected chi connectivity index (χ1v) is 10.2. The summed E-state index contributed by atoms with van der Waals surface area (Å²) in [7, 11) is -2.50. The highest BCUT2D eigenvalue weighted by Gasteiger charge is 2.32. The zero-order chi connectivity index (χ0) is 19.4. The molecule has 8 heteroatoms. The van der Waals surface area contributed by atoms with Gasteiger partial charge in [0.25, 0.3) is 5.69 Å². The quantitative estimate of drug-likeness (QED) is 0.558. The monoisotopic (exact) mass is 390 g/mol. The van der Waals surface area contributed by atoms with Crippen LogP contribution in [0.2, 0.25) is 0 Å². The Labute approximate surface area is 158 Å². The number of nitro groups is 1. The normalized spacial score (nSPS) is 16.2. The van der Waals surface area contributed by atoms with E-state index in [0.29, 0.717) is 19.0 Å². The van der Waals surface area contributed by atoms with Crippen LogP contribution in [0.3, 0.4) is 0 Å². The van der Waals surface area contributed by atoms with E-state index in [4.69, 9.17) is 4.74 Å². The summed E-state index contributed by atoms with van der Waals surface area (Å²) < 4.78 is 32.6. The summed E-state index contributed by atoms with van der Waals surface area (Å²) in [5.74, 6) is 0.540. The minimum atomic E-state index is -3.85. The molecule has 0 unspecified atom stereocenters. The van der Waals surface area contributed by atoms with E-state index in [1.807, 2.05) is 18.2 Å². The lowest BCUT2D eigenvalue weighted by atomic mass is 9.91. The molecule has 0 amide bonds. The van der Waals surface area contributed by atoms with Crippen molar-refractivity contribution in [1.29, 1.82) is 0 Å². The number of nitro benzene ring substituents is 1. The zero-order valence-electron chi connectivity index (χ0n) is 15.1. The molecule has 1 heterocycles. The number of sulfonamides is 1. The number of methoxy groups -OCH3 is 1. The lowest BCUT2D eigenvalue weighted by Crippen LogP contribution is -2.39. The van der Waals surface area contributed by atoms with Crippen molar-refractivity contribution in [3.05, 3.63) is 64.2 Å². The van der Waals surface area contributed by atoms with Crippen LogP contribution >= 0.6 is 0 Å². The number of piperidine rings is 1. The molecule has 1 aliphatic heterocycles. The molecule has 0 saturated carbocycles. The van der Waals surface area contributed by atoms with E-state index in [2.05, 4.69) is 12.1 Å². The van der Waals surface area contributed by atoms with Crippen LogP contribution in [0.4, 0.5) is 5.69 Å². The topological polar surface area (TPSA) is 89.7 Å². The van der Waals surface area contributed by atoms with Crippen LogP contribution in [-0.2, 0) is 16.4 Å². The molecule has 2 aromatic carbocycles. The highest BCUT2D eigenvalue weighted by molar-refractivity contribution is 7.89. The number of ether oxygens (including phenoxy) is 1. The standard InChI is InChI=1S/C19H22N2O5S/c1-26-18-8-7-17(21(22)23)14-19(18)27(24,25)20-11-9-16(10-12-20)13-15-5-3-2-4-6-15/h2-8,14,16H,9-13H2,1H3. The predicted molar refractivity (Wildman–Crippen MR) is 101 cm³/mol. The third kappa shape index (κ3) is 4.28. The molecule has 0 spiro atoms. The number of benzene rings is 2. The van der Waals surface area contributed by atoms with Gasteiger partial charge in [0.2, 0.25) is 10.0 Å². The van der Waals surface area contributed by atoms with Crippen molar-refractivity contribution in [3.8, 4) is 5.75 Å². The molecule has 1 fully saturated rings. The Balaban J connectivity index is 1.75. The van der Waals surface area contributed by atoms with Crippen molar-refractivity contribution in [2.75, 3.05) is 20.2 Å². The average molecular weight is 390 g/mol. The number of nitrogens with zero attached hydrogens (tertiary/aromatic N) is 2. The van der Waals surface area contributed by atoms with E-state index in [-0.39, 0.29) is 16.3 Å². The first kappa shape index (κ1) is 19.3. The molecular weight excluding hydrogens is 368 g/mol. The minimum Gasteiger partial charge on any atom is -0.495 e. The maximum Gasteiger partial charge on any atom is 0.271 e. The van der Waals surface area contributed by atoms with Gasteiger partial charge < -0.3 is 4.74 Å². The van der Waals surface area contributed by atoms with Crippen molar-refractivity contribution in [1.82, 2.24) is 4.31 Å². The van der Waals surface area contributed by atoms with Crippen LogP contribution in [0.25, 0.3) is 0 Å². The first-order valence-electron chi connectivity index (χ1n) is 8.78. The third-order valence-corrected chi connectivity index (χ3v) is 6.84. The fourth-order valence-corrected chi connectivity index (χ4v) is 5.07. The van der Waals surface area contributed by atoms with Gasteiger partial charge in [-0.15, -0.1) is 0 Å². The molecule has 3 rings (SSSR count). The van der Waals surface area contributed by atoms with Gasteiger partial charge in [-0.1, -0.05) is 30.3 Å². The van der Waals surface area contributed by atoms with Crippen LogP contribution in [-0.4, -0.2) is 37.8 Å². The van der Waals surface area contributed by atoms with Gasteiger partial charge in [-0.2, -0.15) is 4.31 Å². The fraction of sp³-hybridized carbons (Fsp3) is 0.368. The Morgan fingerprint density at radius 2 is 1.81 bits per heavy atom. The molecule has 7 nitrogen and oxygen atoms in total. The van der Waals surface area contributed by atoms with Gasteiger partial charge in [0, 0.05) is 25.2 Å². The molecule has 0 bridgehead atoms. The zero-order valence-corrected chi connectivity index (χ0v) is 15.9. The van der Waals surface area contributed by atoms with Gasteiger partial charge in [-0.05, 0) is 36.8 Å². The third-order valence-electron chi connectivity index (χ3n) is 4.92. The molecule has 2 aromatic rings. The number of hydrogen-bond donors (Lipinski definition) is 0. The second kappa shape index (κ2) is 8.06. The molecular formula is C19H22N2O5S. The van der Waals surface area contributed by atoms with Gasteiger partial charge in [0.05, 0.1) is 12.0 Å². The summed E-state index contributed by atoms with van der Waals surface area (Å²) in [6.07, 6.45) is 2.44. The van der Waals surface area contributed by atoms with Gasteiger partial charge in [-0.25, -0.2) is 8.42 Å². The Bertz CT molecular complexity index is 907. The van der Waals surface area contributed by atoms with E-state index in [9.17, 15) is 18.5 Å². The van der Waals surface area contributed by atoms with E-state index >= 15 is 0 Å². The Morgan fingerprint density at radius 3 is 2.41 bits per heavy atom. The molecule has 1 aliphatic rings. The van der Waals surface area contributed by atoms with Gasteiger partial charge in [0.15, 0.2) is 0 Å². The highest BCUT2D eigenvalue weighted by atomic mass is 32.2. The summed E-state index contributed by atoms with van der Waals surface area (Å²) in [6.45, 7) is 0.789. The minimum absolute atomic E-state index is 0.118. The maximum absolute atomic E-state index is 13.0. The van der Waals surface area contributed by atoms with E-state index < -0.39 is 14.9 Å². The van der Waals surface area contributed by atoms with Crippen molar-refractivity contribution in [2.45, 2.75) is 24.2 Å². The van der Waals surface area contributed by atoms with Crippen molar-refractivity contribution in [3.63, 3.8) is 0 Å². The van der Waals surface area contributed by atoms with Crippen LogP contribution in [0, 0.1) is 16.0 Å². The van der Waals surface area contributed by atoms with Gasteiger partial charge >= 0.3 is 0 Å². The first-order chi connectivity index (χ1) is 12.9. The number of non-ortho nitro benzene ring substituents is 1. The van der Waals surface area contributed by atoms with Crippen LogP contribution < -0.4 is 4.74 Å². The number of hydrogen-bond acceptors (Lipinski definition) is 5. The molecule has 27 heavy (non-hydrogen) atoms. The van der Waals surface area contributed by atoms with Crippen molar-refractivity contribution < 1.29 is 18.1 Å². The molecule has 144 valence electrons. The highest BCUT2D eigenvalue weighted by Crippen LogP contribution is 2.33. The maximum atomic E-state index is 13.0. The van der Waals surface area contributed by atoms with E-state index in [1.54, 1.807) is 0 Å². The van der Waals surface area contributed by atoms with Gasteiger partial charge in [-0.3, -0.25) is 10.1 Å². The second-order valence-corrected chi connectivity index (χ2v) is 8.54. The molecule has 0 aromatic heterocycles. The molecule has 0 radical (unpaired) electrons.